The van der Waals surface area contributed by atoms with Gasteiger partial charge in [-0.3, -0.25) is 0 Å². The van der Waals surface area contributed by atoms with Crippen molar-refractivity contribution in [3.63, 3.8) is 0 Å². The lowest BCUT2D eigenvalue weighted by atomic mass is 10.3. The molecule has 1 aromatic rings. The Kier molecular flexibility index (Phi) is 2.96. The van der Waals surface area contributed by atoms with E-state index in [1.54, 1.807) is 0 Å². The molecule has 2 rings (SSSR count). The molecule has 7 heteroatoms. The van der Waals surface area contributed by atoms with Crippen molar-refractivity contribution < 1.29 is 18.3 Å². The molecule has 2 atom stereocenters. The summed E-state index contributed by atoms with van der Waals surface area (Å²) in [4.78, 5) is 13.0. The van der Waals surface area contributed by atoms with Crippen LogP contribution < -0.4 is 4.72 Å². The summed E-state index contributed by atoms with van der Waals surface area (Å²) in [5.41, 5.74) is -0.131. The zero-order chi connectivity index (χ0) is 12.6. The highest BCUT2D eigenvalue weighted by molar-refractivity contribution is 7.89. The molecule has 1 aromatic heterocycles. The number of H-pyrrole nitrogens is 1. The normalized spacial score (nSPS) is 23.6. The van der Waals surface area contributed by atoms with Gasteiger partial charge in [0, 0.05) is 12.2 Å². The van der Waals surface area contributed by atoms with Gasteiger partial charge in [-0.15, -0.1) is 0 Å². The minimum atomic E-state index is -3.60. The van der Waals surface area contributed by atoms with E-state index >= 15 is 0 Å². The average molecular weight is 258 g/mol. The fourth-order valence-corrected chi connectivity index (χ4v) is 3.07. The van der Waals surface area contributed by atoms with Gasteiger partial charge in [0.2, 0.25) is 10.0 Å². The molecule has 1 saturated carbocycles. The zero-order valence-electron chi connectivity index (χ0n) is 9.30. The van der Waals surface area contributed by atoms with Gasteiger partial charge in [-0.05, 0) is 18.4 Å². The second-order valence-electron chi connectivity index (χ2n) is 4.19. The number of carbonyl (C=O) groups is 1. The number of carboxylic acid groups (broad SMARTS) is 1. The van der Waals surface area contributed by atoms with Crippen molar-refractivity contribution in [1.29, 1.82) is 0 Å². The first-order chi connectivity index (χ1) is 7.94. The Morgan fingerprint density at radius 1 is 1.65 bits per heavy atom. The molecule has 94 valence electrons. The lowest BCUT2D eigenvalue weighted by Crippen LogP contribution is -2.26. The average Bonchev–Trinajstić information content (AvgIpc) is 2.80. The van der Waals surface area contributed by atoms with Crippen molar-refractivity contribution in [2.45, 2.75) is 30.7 Å². The van der Waals surface area contributed by atoms with Gasteiger partial charge < -0.3 is 10.1 Å². The lowest BCUT2D eigenvalue weighted by Gasteiger charge is -2.02. The highest BCUT2D eigenvalue weighted by Crippen LogP contribution is 2.34. The van der Waals surface area contributed by atoms with E-state index in [4.69, 9.17) is 5.11 Å². The van der Waals surface area contributed by atoms with Crippen LogP contribution in [0.4, 0.5) is 0 Å². The summed E-state index contributed by atoms with van der Waals surface area (Å²) in [5, 5.41) is 8.69. The standard InChI is InChI=1S/C10H14N2O4S/c1-2-6-3-8(6)12-17(15,16)7-4-9(10(13)14)11-5-7/h4-6,8,11-12H,2-3H2,1H3,(H,13,14). The van der Waals surface area contributed by atoms with Crippen LogP contribution in [0.5, 0.6) is 0 Å². The highest BCUT2D eigenvalue weighted by atomic mass is 32.2. The molecule has 1 fully saturated rings. The summed E-state index contributed by atoms with van der Waals surface area (Å²) in [6.07, 6.45) is 2.99. The van der Waals surface area contributed by atoms with Gasteiger partial charge in [-0.25, -0.2) is 17.9 Å². The Balaban J connectivity index is 2.12. The quantitative estimate of drug-likeness (QED) is 0.727. The number of aromatic carboxylic acids is 1. The summed E-state index contributed by atoms with van der Waals surface area (Å²) < 4.78 is 26.3. The van der Waals surface area contributed by atoms with E-state index in [2.05, 4.69) is 9.71 Å². The Bertz CT molecular complexity index is 534. The van der Waals surface area contributed by atoms with Crippen LogP contribution in [-0.4, -0.2) is 30.5 Å². The number of aromatic amines is 1. The maximum absolute atomic E-state index is 11.9. The largest absolute Gasteiger partial charge is 0.477 e. The predicted molar refractivity (Wildman–Crippen MR) is 60.3 cm³/mol. The minimum Gasteiger partial charge on any atom is -0.477 e. The van der Waals surface area contributed by atoms with Gasteiger partial charge in [-0.2, -0.15) is 0 Å². The SMILES string of the molecule is CCC1CC1NS(=O)(=O)c1c[nH]c(C(=O)O)c1. The molecule has 0 bridgehead atoms. The fraction of sp³-hybridized carbons (Fsp3) is 0.500. The maximum atomic E-state index is 11.9. The predicted octanol–water partition coefficient (Wildman–Crippen LogP) is 0.790. The Labute approximate surface area is 99.1 Å². The molecular weight excluding hydrogens is 244 g/mol. The lowest BCUT2D eigenvalue weighted by molar-refractivity contribution is 0.0691. The van der Waals surface area contributed by atoms with Gasteiger partial charge in [0.05, 0.1) is 0 Å². The molecule has 0 aromatic carbocycles. The van der Waals surface area contributed by atoms with Gasteiger partial charge >= 0.3 is 5.97 Å². The molecule has 0 aliphatic heterocycles. The van der Waals surface area contributed by atoms with Crippen molar-refractivity contribution in [1.82, 2.24) is 9.71 Å². The second kappa shape index (κ2) is 4.15. The van der Waals surface area contributed by atoms with Crippen LogP contribution in [0.2, 0.25) is 0 Å². The van der Waals surface area contributed by atoms with Crippen molar-refractivity contribution in [2.24, 2.45) is 5.92 Å². The molecule has 0 saturated heterocycles. The summed E-state index contributed by atoms with van der Waals surface area (Å²) in [6, 6.07) is 1.11. The van der Waals surface area contributed by atoms with E-state index in [-0.39, 0.29) is 16.6 Å². The molecule has 6 nitrogen and oxygen atoms in total. The van der Waals surface area contributed by atoms with Crippen LogP contribution in [0.3, 0.4) is 0 Å². The number of hydrogen-bond donors (Lipinski definition) is 3. The third kappa shape index (κ3) is 2.50. The van der Waals surface area contributed by atoms with E-state index in [1.165, 1.54) is 6.20 Å². The minimum absolute atomic E-state index is 0.00632. The number of hydrogen-bond acceptors (Lipinski definition) is 3. The number of nitrogens with one attached hydrogen (secondary N) is 2. The number of sulfonamides is 1. The third-order valence-electron chi connectivity index (χ3n) is 2.95. The van der Waals surface area contributed by atoms with Crippen molar-refractivity contribution >= 4 is 16.0 Å². The second-order valence-corrected chi connectivity index (χ2v) is 5.90. The van der Waals surface area contributed by atoms with E-state index < -0.39 is 16.0 Å². The summed E-state index contributed by atoms with van der Waals surface area (Å²) in [7, 11) is -3.60. The molecule has 1 heterocycles. The molecule has 3 N–H and O–H groups in total. The molecule has 0 amide bonds. The van der Waals surface area contributed by atoms with Crippen molar-refractivity contribution in [3.05, 3.63) is 18.0 Å². The van der Waals surface area contributed by atoms with Crippen LogP contribution >= 0.6 is 0 Å². The first-order valence-electron chi connectivity index (χ1n) is 5.38. The molecule has 1 aliphatic rings. The monoisotopic (exact) mass is 258 g/mol. The Hall–Kier alpha value is -1.34. The van der Waals surface area contributed by atoms with E-state index in [9.17, 15) is 13.2 Å². The van der Waals surface area contributed by atoms with Gasteiger partial charge in [0.15, 0.2) is 0 Å². The Morgan fingerprint density at radius 3 is 2.82 bits per heavy atom. The number of carboxylic acids is 1. The molecular formula is C10H14N2O4S. The fourth-order valence-electron chi connectivity index (χ4n) is 1.76. The first kappa shape index (κ1) is 12.1. The molecule has 1 aliphatic carbocycles. The van der Waals surface area contributed by atoms with E-state index in [0.717, 1.165) is 18.9 Å². The van der Waals surface area contributed by atoms with E-state index in [1.807, 2.05) is 6.92 Å². The summed E-state index contributed by atoms with van der Waals surface area (Å²) >= 11 is 0. The highest BCUT2D eigenvalue weighted by Gasteiger charge is 2.38. The van der Waals surface area contributed by atoms with Crippen LogP contribution in [0.15, 0.2) is 17.2 Å². The van der Waals surface area contributed by atoms with Gasteiger partial charge in [0.25, 0.3) is 0 Å². The van der Waals surface area contributed by atoms with Crippen LogP contribution in [0.1, 0.15) is 30.3 Å². The molecule has 17 heavy (non-hydrogen) atoms. The smallest absolute Gasteiger partial charge is 0.352 e. The maximum Gasteiger partial charge on any atom is 0.352 e. The molecule has 0 spiro atoms. The summed E-state index contributed by atoms with van der Waals surface area (Å²) in [5.74, 6) is -0.771. The van der Waals surface area contributed by atoms with Crippen molar-refractivity contribution in [3.8, 4) is 0 Å². The van der Waals surface area contributed by atoms with Crippen LogP contribution in [-0.2, 0) is 10.0 Å². The Morgan fingerprint density at radius 2 is 2.35 bits per heavy atom. The van der Waals surface area contributed by atoms with Gasteiger partial charge in [0.1, 0.15) is 10.6 Å². The third-order valence-corrected chi connectivity index (χ3v) is 4.42. The molecule has 0 radical (unpaired) electrons. The van der Waals surface area contributed by atoms with Crippen LogP contribution in [0.25, 0.3) is 0 Å². The molecule has 2 unspecified atom stereocenters. The topological polar surface area (TPSA) is 99.3 Å². The zero-order valence-corrected chi connectivity index (χ0v) is 10.1. The number of rotatable bonds is 5. The first-order valence-corrected chi connectivity index (χ1v) is 6.86. The van der Waals surface area contributed by atoms with Crippen LogP contribution in [0, 0.1) is 5.92 Å². The van der Waals surface area contributed by atoms with E-state index in [0.29, 0.717) is 5.92 Å². The van der Waals surface area contributed by atoms with Crippen molar-refractivity contribution in [2.75, 3.05) is 0 Å². The van der Waals surface area contributed by atoms with Gasteiger partial charge in [-0.1, -0.05) is 13.3 Å². The summed E-state index contributed by atoms with van der Waals surface area (Å²) in [6.45, 7) is 2.01. The number of aromatic nitrogens is 1.